The first-order chi connectivity index (χ1) is 8.34. The van der Waals surface area contributed by atoms with Crippen LogP contribution in [0.3, 0.4) is 0 Å². The molecule has 0 heterocycles. The van der Waals surface area contributed by atoms with Crippen LogP contribution >= 0.6 is 11.6 Å². The lowest BCUT2D eigenvalue weighted by atomic mass is 10.0. The molecule has 0 fully saturated rings. The van der Waals surface area contributed by atoms with E-state index in [0.29, 0.717) is 5.02 Å². The molecular weight excluding hydrogens is 246 g/mol. The Balaban J connectivity index is 2.55. The highest BCUT2D eigenvalue weighted by atomic mass is 35.5. The molecular formula is C15H24ClNO. The van der Waals surface area contributed by atoms with E-state index in [-0.39, 0.29) is 5.54 Å². The van der Waals surface area contributed by atoms with Crippen LogP contribution in [0.15, 0.2) is 24.3 Å². The molecule has 2 nitrogen and oxygen atoms in total. The van der Waals surface area contributed by atoms with Crippen LogP contribution in [0.1, 0.15) is 45.8 Å². The molecule has 1 aromatic carbocycles. The number of halogens is 1. The first-order valence-electron chi connectivity index (χ1n) is 6.53. The van der Waals surface area contributed by atoms with E-state index in [1.165, 1.54) is 0 Å². The average Bonchev–Trinajstić information content (AvgIpc) is 2.28. The van der Waals surface area contributed by atoms with E-state index in [2.05, 4.69) is 32.6 Å². The van der Waals surface area contributed by atoms with Crippen LogP contribution < -0.4 is 0 Å². The van der Waals surface area contributed by atoms with Gasteiger partial charge in [-0.2, -0.15) is 0 Å². The summed E-state index contributed by atoms with van der Waals surface area (Å²) < 4.78 is 0. The topological polar surface area (TPSA) is 23.5 Å². The fourth-order valence-electron chi connectivity index (χ4n) is 2.10. The Morgan fingerprint density at radius 1 is 1.22 bits per heavy atom. The highest BCUT2D eigenvalue weighted by Crippen LogP contribution is 2.21. The van der Waals surface area contributed by atoms with Crippen molar-refractivity contribution in [1.82, 2.24) is 4.90 Å². The number of hydrogen-bond acceptors (Lipinski definition) is 2. The Bertz CT molecular complexity index is 356. The molecule has 0 aromatic heterocycles. The van der Waals surface area contributed by atoms with Crippen LogP contribution in [-0.2, 0) is 0 Å². The number of hydrogen-bond donors (Lipinski definition) is 1. The minimum absolute atomic E-state index is 0.147. The van der Waals surface area contributed by atoms with Gasteiger partial charge in [-0.1, -0.05) is 30.7 Å². The van der Waals surface area contributed by atoms with Crippen molar-refractivity contribution in [3.63, 3.8) is 0 Å². The highest BCUT2D eigenvalue weighted by Gasteiger charge is 2.20. The fourth-order valence-corrected chi connectivity index (χ4v) is 2.22. The van der Waals surface area contributed by atoms with Gasteiger partial charge in [-0.05, 0) is 51.4 Å². The summed E-state index contributed by atoms with van der Waals surface area (Å²) in [6.45, 7) is 10.6. The average molecular weight is 270 g/mol. The summed E-state index contributed by atoms with van der Waals surface area (Å²) in [5.74, 6) is 0. The van der Waals surface area contributed by atoms with Crippen molar-refractivity contribution in [2.24, 2.45) is 0 Å². The zero-order valence-corrected chi connectivity index (χ0v) is 12.5. The molecule has 1 unspecified atom stereocenters. The number of rotatable bonds is 5. The van der Waals surface area contributed by atoms with Crippen molar-refractivity contribution in [1.29, 1.82) is 0 Å². The SMILES string of the molecule is CCN(CCC(O)c1ccc(Cl)cc1)C(C)(C)C. The largest absolute Gasteiger partial charge is 0.388 e. The molecule has 1 rings (SSSR count). The third kappa shape index (κ3) is 4.60. The minimum Gasteiger partial charge on any atom is -0.388 e. The van der Waals surface area contributed by atoms with Crippen LogP contribution in [-0.4, -0.2) is 28.6 Å². The second-order valence-corrected chi connectivity index (χ2v) is 6.04. The minimum atomic E-state index is -0.418. The summed E-state index contributed by atoms with van der Waals surface area (Å²) in [5, 5.41) is 10.9. The highest BCUT2D eigenvalue weighted by molar-refractivity contribution is 6.30. The predicted molar refractivity (Wildman–Crippen MR) is 78.0 cm³/mol. The molecule has 0 aliphatic heterocycles. The molecule has 102 valence electrons. The molecule has 0 spiro atoms. The zero-order valence-electron chi connectivity index (χ0n) is 11.8. The van der Waals surface area contributed by atoms with Gasteiger partial charge in [0.25, 0.3) is 0 Å². The van der Waals surface area contributed by atoms with Gasteiger partial charge in [0.2, 0.25) is 0 Å². The molecule has 0 radical (unpaired) electrons. The van der Waals surface area contributed by atoms with Gasteiger partial charge < -0.3 is 5.11 Å². The van der Waals surface area contributed by atoms with E-state index < -0.39 is 6.10 Å². The lowest BCUT2D eigenvalue weighted by Gasteiger charge is -2.35. The maximum absolute atomic E-state index is 10.2. The first-order valence-corrected chi connectivity index (χ1v) is 6.91. The van der Waals surface area contributed by atoms with Gasteiger partial charge in [0.15, 0.2) is 0 Å². The summed E-state index contributed by atoms with van der Waals surface area (Å²) in [7, 11) is 0. The predicted octanol–water partition coefficient (Wildman–Crippen LogP) is 3.88. The van der Waals surface area contributed by atoms with Gasteiger partial charge in [0, 0.05) is 17.1 Å². The number of benzene rings is 1. The summed E-state index contributed by atoms with van der Waals surface area (Å²) in [4.78, 5) is 2.37. The summed E-state index contributed by atoms with van der Waals surface area (Å²) in [6, 6.07) is 7.42. The molecule has 0 saturated carbocycles. The van der Waals surface area contributed by atoms with E-state index in [9.17, 15) is 5.11 Å². The van der Waals surface area contributed by atoms with E-state index in [1.54, 1.807) is 0 Å². The maximum atomic E-state index is 10.2. The standard InChI is InChI=1S/C15H24ClNO/c1-5-17(15(2,3)4)11-10-14(18)12-6-8-13(16)9-7-12/h6-9,14,18H,5,10-11H2,1-4H3. The van der Waals surface area contributed by atoms with Crippen LogP contribution in [0.2, 0.25) is 5.02 Å². The van der Waals surface area contributed by atoms with E-state index in [0.717, 1.165) is 25.1 Å². The van der Waals surface area contributed by atoms with Gasteiger partial charge in [-0.25, -0.2) is 0 Å². The lowest BCUT2D eigenvalue weighted by molar-refractivity contribution is 0.0997. The summed E-state index contributed by atoms with van der Waals surface area (Å²) in [6.07, 6.45) is 0.325. The Kier molecular flexibility index (Phi) is 5.64. The van der Waals surface area contributed by atoms with Crippen LogP contribution in [0, 0.1) is 0 Å². The molecule has 3 heteroatoms. The molecule has 0 bridgehead atoms. The van der Waals surface area contributed by atoms with Crippen LogP contribution in [0.25, 0.3) is 0 Å². The Morgan fingerprint density at radius 2 is 1.78 bits per heavy atom. The molecule has 18 heavy (non-hydrogen) atoms. The van der Waals surface area contributed by atoms with Crippen molar-refractivity contribution >= 4 is 11.6 Å². The molecule has 1 aromatic rings. The Labute approximate surface area is 116 Å². The smallest absolute Gasteiger partial charge is 0.0802 e. The second kappa shape index (κ2) is 6.55. The van der Waals surface area contributed by atoms with Crippen molar-refractivity contribution in [3.05, 3.63) is 34.9 Å². The maximum Gasteiger partial charge on any atom is 0.0802 e. The third-order valence-corrected chi connectivity index (χ3v) is 3.51. The number of aliphatic hydroxyl groups excluding tert-OH is 1. The van der Waals surface area contributed by atoms with Crippen molar-refractivity contribution < 1.29 is 5.11 Å². The molecule has 0 amide bonds. The second-order valence-electron chi connectivity index (χ2n) is 5.61. The van der Waals surface area contributed by atoms with E-state index in [4.69, 9.17) is 11.6 Å². The first kappa shape index (κ1) is 15.5. The fraction of sp³-hybridized carbons (Fsp3) is 0.600. The van der Waals surface area contributed by atoms with Crippen LogP contribution in [0.4, 0.5) is 0 Å². The molecule has 0 aliphatic carbocycles. The normalized spacial score (nSPS) is 13.9. The molecule has 1 atom stereocenters. The Morgan fingerprint density at radius 3 is 2.22 bits per heavy atom. The zero-order chi connectivity index (χ0) is 13.8. The third-order valence-electron chi connectivity index (χ3n) is 3.26. The van der Waals surface area contributed by atoms with Gasteiger partial charge in [0.1, 0.15) is 0 Å². The number of nitrogens with zero attached hydrogens (tertiary/aromatic N) is 1. The molecule has 0 aliphatic rings. The number of aliphatic hydroxyl groups is 1. The van der Waals surface area contributed by atoms with Gasteiger partial charge >= 0.3 is 0 Å². The Hall–Kier alpha value is -0.570. The quantitative estimate of drug-likeness (QED) is 0.877. The summed E-state index contributed by atoms with van der Waals surface area (Å²) in [5.41, 5.74) is 1.08. The molecule has 1 N–H and O–H groups in total. The van der Waals surface area contributed by atoms with Crippen molar-refractivity contribution in [2.75, 3.05) is 13.1 Å². The lowest BCUT2D eigenvalue weighted by Crippen LogP contribution is -2.42. The van der Waals surface area contributed by atoms with E-state index in [1.807, 2.05) is 24.3 Å². The van der Waals surface area contributed by atoms with Gasteiger partial charge in [-0.15, -0.1) is 0 Å². The van der Waals surface area contributed by atoms with Crippen molar-refractivity contribution in [2.45, 2.75) is 45.8 Å². The van der Waals surface area contributed by atoms with Crippen molar-refractivity contribution in [3.8, 4) is 0 Å². The summed E-state index contributed by atoms with van der Waals surface area (Å²) >= 11 is 5.84. The van der Waals surface area contributed by atoms with Gasteiger partial charge in [0.05, 0.1) is 6.10 Å². The van der Waals surface area contributed by atoms with E-state index >= 15 is 0 Å². The monoisotopic (exact) mass is 269 g/mol. The van der Waals surface area contributed by atoms with Gasteiger partial charge in [-0.3, -0.25) is 4.90 Å². The van der Waals surface area contributed by atoms with Crippen LogP contribution in [0.5, 0.6) is 0 Å². The molecule has 0 saturated heterocycles.